The third-order valence-electron chi connectivity index (χ3n) is 5.97. The molecule has 0 amide bonds. The lowest BCUT2D eigenvalue weighted by atomic mass is 10.0. The van der Waals surface area contributed by atoms with E-state index in [0.29, 0.717) is 17.7 Å². The van der Waals surface area contributed by atoms with Crippen LogP contribution in [0.25, 0.3) is 11.2 Å². The number of aromatic nitrogens is 4. The number of aryl methyl sites for hydroxylation is 3. The van der Waals surface area contributed by atoms with Gasteiger partial charge in [-0.3, -0.25) is 19.2 Å². The summed E-state index contributed by atoms with van der Waals surface area (Å²) in [5.41, 5.74) is 4.83. The largest absolute Gasteiger partial charge is 0.340 e. The predicted molar refractivity (Wildman–Crippen MR) is 124 cm³/mol. The summed E-state index contributed by atoms with van der Waals surface area (Å²) >= 11 is 0. The molecule has 0 unspecified atom stereocenters. The highest BCUT2D eigenvalue weighted by molar-refractivity contribution is 5.74. The molecule has 2 aromatic heterocycles. The van der Waals surface area contributed by atoms with Crippen molar-refractivity contribution in [3.63, 3.8) is 0 Å². The van der Waals surface area contributed by atoms with Gasteiger partial charge in [-0.2, -0.15) is 4.98 Å². The molecule has 1 aliphatic rings. The van der Waals surface area contributed by atoms with Crippen LogP contribution in [0, 0.1) is 13.8 Å². The van der Waals surface area contributed by atoms with Gasteiger partial charge in [0.25, 0.3) is 5.56 Å². The van der Waals surface area contributed by atoms with Crippen LogP contribution in [-0.4, -0.2) is 50.2 Å². The summed E-state index contributed by atoms with van der Waals surface area (Å²) in [5.74, 6) is 0.719. The predicted octanol–water partition coefficient (Wildman–Crippen LogP) is 1.94. The van der Waals surface area contributed by atoms with Gasteiger partial charge in [-0.1, -0.05) is 35.9 Å². The molecule has 1 fully saturated rings. The van der Waals surface area contributed by atoms with Gasteiger partial charge in [0.1, 0.15) is 0 Å². The minimum absolute atomic E-state index is 0.405. The Labute approximate surface area is 181 Å². The van der Waals surface area contributed by atoms with Crippen LogP contribution in [0.1, 0.15) is 23.6 Å². The van der Waals surface area contributed by atoms with Gasteiger partial charge in [0.15, 0.2) is 11.2 Å². The average Bonchev–Trinajstić information content (AvgIpc) is 3.09. The van der Waals surface area contributed by atoms with Crippen molar-refractivity contribution in [3.05, 3.63) is 67.9 Å². The summed E-state index contributed by atoms with van der Waals surface area (Å²) in [6.07, 6.45) is 0. The molecule has 0 bridgehead atoms. The lowest BCUT2D eigenvalue weighted by molar-refractivity contribution is 0.247. The van der Waals surface area contributed by atoms with E-state index >= 15 is 0 Å². The molecule has 4 rings (SSSR count). The van der Waals surface area contributed by atoms with E-state index in [2.05, 4.69) is 53.4 Å². The van der Waals surface area contributed by atoms with E-state index in [4.69, 9.17) is 4.98 Å². The highest BCUT2D eigenvalue weighted by atomic mass is 16.2. The smallest absolute Gasteiger partial charge is 0.329 e. The third-order valence-corrected chi connectivity index (χ3v) is 5.97. The van der Waals surface area contributed by atoms with Gasteiger partial charge in [0.05, 0.1) is 0 Å². The molecule has 0 spiro atoms. The fourth-order valence-electron chi connectivity index (χ4n) is 4.20. The van der Waals surface area contributed by atoms with Gasteiger partial charge < -0.3 is 9.47 Å². The topological polar surface area (TPSA) is 79.2 Å². The van der Waals surface area contributed by atoms with Crippen LogP contribution < -0.4 is 16.1 Å². The van der Waals surface area contributed by atoms with E-state index in [1.807, 2.05) is 11.5 Å². The van der Waals surface area contributed by atoms with Gasteiger partial charge in [-0.15, -0.1) is 0 Å². The Morgan fingerprint density at radius 3 is 2.55 bits per heavy atom. The van der Waals surface area contributed by atoms with E-state index in [1.54, 1.807) is 7.05 Å². The van der Waals surface area contributed by atoms with Crippen molar-refractivity contribution in [1.29, 1.82) is 0 Å². The normalized spacial score (nSPS) is 15.0. The molecule has 8 nitrogen and oxygen atoms in total. The van der Waals surface area contributed by atoms with Crippen LogP contribution in [0.4, 0.5) is 5.95 Å². The van der Waals surface area contributed by atoms with Crippen molar-refractivity contribution in [1.82, 2.24) is 24.0 Å². The van der Waals surface area contributed by atoms with E-state index in [0.717, 1.165) is 44.2 Å². The maximum absolute atomic E-state index is 12.6. The minimum Gasteiger partial charge on any atom is -0.340 e. The quantitative estimate of drug-likeness (QED) is 0.636. The lowest BCUT2D eigenvalue weighted by Crippen LogP contribution is -2.47. The molecule has 0 atom stereocenters. The minimum atomic E-state index is -0.456. The van der Waals surface area contributed by atoms with Gasteiger partial charge in [0, 0.05) is 46.3 Å². The first kappa shape index (κ1) is 21.1. The Kier molecular flexibility index (Phi) is 5.58. The maximum Gasteiger partial charge on any atom is 0.329 e. The van der Waals surface area contributed by atoms with Gasteiger partial charge in [-0.25, -0.2) is 4.79 Å². The lowest BCUT2D eigenvalue weighted by Gasteiger charge is -2.35. The second-order valence-electron chi connectivity index (χ2n) is 8.64. The molecule has 31 heavy (non-hydrogen) atoms. The maximum atomic E-state index is 12.6. The number of nitrogens with zero attached hydrogens (tertiary/aromatic N) is 5. The summed E-state index contributed by atoms with van der Waals surface area (Å²) in [4.78, 5) is 36.4. The standard InChI is InChI=1S/C23H30N6O2/c1-15(2)13-29-19-20(26(5)23(31)25-21(19)30)24-22(29)28-10-8-27(9-11-28)14-18-12-16(3)6-7-17(18)4/h6-7,12H,1,8-11,13-14H2,2-5H3,(H,25,30,31). The van der Waals surface area contributed by atoms with Gasteiger partial charge in [0.2, 0.25) is 5.95 Å². The molecule has 8 heteroatoms. The monoisotopic (exact) mass is 422 g/mol. The summed E-state index contributed by atoms with van der Waals surface area (Å²) in [6.45, 7) is 15.0. The van der Waals surface area contributed by atoms with Crippen LogP contribution >= 0.6 is 0 Å². The van der Waals surface area contributed by atoms with Crippen molar-refractivity contribution in [3.8, 4) is 0 Å². The number of imidazole rings is 1. The number of hydrogen-bond donors (Lipinski definition) is 1. The summed E-state index contributed by atoms with van der Waals surface area (Å²) in [6, 6.07) is 6.60. The molecule has 0 saturated carbocycles. The molecule has 0 aliphatic carbocycles. The number of aromatic amines is 1. The second-order valence-corrected chi connectivity index (χ2v) is 8.64. The highest BCUT2D eigenvalue weighted by Crippen LogP contribution is 2.23. The molecule has 1 aliphatic heterocycles. The Bertz CT molecular complexity index is 1260. The van der Waals surface area contributed by atoms with Gasteiger partial charge in [-0.05, 0) is 31.9 Å². The molecule has 1 saturated heterocycles. The van der Waals surface area contributed by atoms with Crippen molar-refractivity contribution in [2.75, 3.05) is 31.1 Å². The van der Waals surface area contributed by atoms with Crippen LogP contribution in [0.3, 0.4) is 0 Å². The molecule has 0 radical (unpaired) electrons. The number of hydrogen-bond acceptors (Lipinski definition) is 5. The van der Waals surface area contributed by atoms with Crippen molar-refractivity contribution in [2.24, 2.45) is 7.05 Å². The zero-order chi connectivity index (χ0) is 22.3. The Hall–Kier alpha value is -3.13. The van der Waals surface area contributed by atoms with E-state index in [9.17, 15) is 9.59 Å². The number of nitrogens with one attached hydrogen (secondary N) is 1. The van der Waals surface area contributed by atoms with Crippen LogP contribution in [-0.2, 0) is 20.1 Å². The molecule has 3 aromatic rings. The zero-order valence-electron chi connectivity index (χ0n) is 18.7. The number of anilines is 1. The molecule has 3 heterocycles. The highest BCUT2D eigenvalue weighted by Gasteiger charge is 2.25. The first-order valence-corrected chi connectivity index (χ1v) is 10.6. The summed E-state index contributed by atoms with van der Waals surface area (Å²) in [5, 5.41) is 0. The Balaban J connectivity index is 1.61. The van der Waals surface area contributed by atoms with Crippen LogP contribution in [0.2, 0.25) is 0 Å². The van der Waals surface area contributed by atoms with Gasteiger partial charge >= 0.3 is 5.69 Å². The fourth-order valence-corrected chi connectivity index (χ4v) is 4.20. The van der Waals surface area contributed by atoms with Crippen molar-refractivity contribution < 1.29 is 0 Å². The van der Waals surface area contributed by atoms with Crippen molar-refractivity contribution >= 4 is 17.1 Å². The molecule has 1 N–H and O–H groups in total. The van der Waals surface area contributed by atoms with Crippen molar-refractivity contribution in [2.45, 2.75) is 33.9 Å². The summed E-state index contributed by atoms with van der Waals surface area (Å²) < 4.78 is 3.28. The molecular formula is C23H30N6O2. The average molecular weight is 423 g/mol. The number of H-pyrrole nitrogens is 1. The molecule has 164 valence electrons. The van der Waals surface area contributed by atoms with Crippen LogP contribution in [0.5, 0.6) is 0 Å². The van der Waals surface area contributed by atoms with Crippen LogP contribution in [0.15, 0.2) is 39.9 Å². The molecule has 1 aromatic carbocycles. The SMILES string of the molecule is C=C(C)Cn1c(N2CCN(Cc3cc(C)ccc3C)CC2)nc2c1c(=O)[nH]c(=O)n2C. The zero-order valence-corrected chi connectivity index (χ0v) is 18.7. The fraction of sp³-hybridized carbons (Fsp3) is 0.435. The Morgan fingerprint density at radius 1 is 1.16 bits per heavy atom. The number of piperazine rings is 1. The number of benzene rings is 1. The second kappa shape index (κ2) is 8.19. The first-order chi connectivity index (χ1) is 14.7. The Morgan fingerprint density at radius 2 is 1.87 bits per heavy atom. The number of allylic oxidation sites excluding steroid dienone is 1. The molecular weight excluding hydrogens is 392 g/mol. The van der Waals surface area contributed by atoms with E-state index in [-0.39, 0.29) is 0 Å². The summed E-state index contributed by atoms with van der Waals surface area (Å²) in [7, 11) is 1.63. The van der Waals surface area contributed by atoms with E-state index < -0.39 is 11.2 Å². The van der Waals surface area contributed by atoms with E-state index in [1.165, 1.54) is 21.3 Å². The number of fused-ring (bicyclic) bond motifs is 1. The third kappa shape index (κ3) is 4.07. The first-order valence-electron chi connectivity index (χ1n) is 10.6. The number of rotatable bonds is 5.